The lowest BCUT2D eigenvalue weighted by molar-refractivity contribution is -0.136. The molecule has 124 valence electrons. The second-order valence-electron chi connectivity index (χ2n) is 5.21. The second kappa shape index (κ2) is 7.87. The minimum absolute atomic E-state index is 0.0559. The van der Waals surface area contributed by atoms with E-state index in [-0.39, 0.29) is 18.9 Å². The third-order valence-corrected chi connectivity index (χ3v) is 4.61. The molecular formula is C15H20N4O3S. The van der Waals surface area contributed by atoms with E-state index in [0.29, 0.717) is 19.4 Å². The molecule has 0 atom stereocenters. The van der Waals surface area contributed by atoms with E-state index in [2.05, 4.69) is 34.4 Å². The third-order valence-electron chi connectivity index (χ3n) is 3.50. The topological polar surface area (TPSA) is 104 Å². The summed E-state index contributed by atoms with van der Waals surface area (Å²) in [5.74, 6) is -0.257. The molecule has 8 heteroatoms. The molecule has 0 bridgehead atoms. The van der Waals surface area contributed by atoms with Crippen LogP contribution in [0.2, 0.25) is 0 Å². The normalized spacial score (nSPS) is 10.7. The quantitative estimate of drug-likeness (QED) is 0.638. The fourth-order valence-electron chi connectivity index (χ4n) is 2.17. The number of nitrogens with zero attached hydrogens (tertiary/aromatic N) is 2. The van der Waals surface area contributed by atoms with Crippen LogP contribution in [0.15, 0.2) is 6.33 Å². The monoisotopic (exact) mass is 336 g/mol. The lowest BCUT2D eigenvalue weighted by Gasteiger charge is -2.07. The summed E-state index contributed by atoms with van der Waals surface area (Å²) in [6, 6.07) is 0. The van der Waals surface area contributed by atoms with Crippen molar-refractivity contribution in [2.45, 2.75) is 33.1 Å². The molecule has 0 saturated carbocycles. The number of carboxylic acids is 1. The Hall–Kier alpha value is -2.22. The first kappa shape index (κ1) is 17.1. The smallest absolute Gasteiger partial charge is 0.305 e. The molecule has 2 rings (SSSR count). The van der Waals surface area contributed by atoms with Crippen molar-refractivity contribution in [3.63, 3.8) is 0 Å². The van der Waals surface area contributed by atoms with E-state index in [1.54, 1.807) is 17.7 Å². The van der Waals surface area contributed by atoms with Gasteiger partial charge in [0.2, 0.25) is 5.91 Å². The average molecular weight is 336 g/mol. The number of thiophene rings is 1. The molecule has 23 heavy (non-hydrogen) atoms. The maximum absolute atomic E-state index is 11.5. The molecule has 2 aromatic rings. The number of hydrogen-bond donors (Lipinski definition) is 3. The number of rotatable bonds is 8. The number of carbonyl (C=O) groups excluding carboxylic acids is 1. The van der Waals surface area contributed by atoms with Gasteiger partial charge in [0, 0.05) is 24.4 Å². The molecule has 0 radical (unpaired) electrons. The molecule has 0 aliphatic heterocycles. The van der Waals surface area contributed by atoms with Crippen molar-refractivity contribution in [2.24, 2.45) is 0 Å². The molecule has 0 saturated heterocycles. The molecule has 0 aromatic carbocycles. The van der Waals surface area contributed by atoms with Crippen molar-refractivity contribution in [1.29, 1.82) is 0 Å². The van der Waals surface area contributed by atoms with E-state index >= 15 is 0 Å². The first-order chi connectivity index (χ1) is 11.0. The minimum Gasteiger partial charge on any atom is -0.481 e. The van der Waals surface area contributed by atoms with Crippen LogP contribution in [0.3, 0.4) is 0 Å². The highest BCUT2D eigenvalue weighted by Crippen LogP contribution is 2.32. The van der Waals surface area contributed by atoms with E-state index in [4.69, 9.17) is 5.11 Å². The Morgan fingerprint density at radius 1 is 1.22 bits per heavy atom. The zero-order valence-corrected chi connectivity index (χ0v) is 14.0. The van der Waals surface area contributed by atoms with Crippen LogP contribution in [0.25, 0.3) is 10.2 Å². The number of amides is 1. The number of fused-ring (bicyclic) bond motifs is 1. The van der Waals surface area contributed by atoms with Gasteiger partial charge < -0.3 is 15.7 Å². The summed E-state index contributed by atoms with van der Waals surface area (Å²) in [6.45, 7) is 4.90. The predicted molar refractivity (Wildman–Crippen MR) is 89.9 cm³/mol. The van der Waals surface area contributed by atoms with Crippen LogP contribution in [0.1, 0.15) is 29.7 Å². The van der Waals surface area contributed by atoms with E-state index in [1.807, 2.05) is 0 Å². The number of hydrogen-bond acceptors (Lipinski definition) is 6. The van der Waals surface area contributed by atoms with Crippen LogP contribution in [0, 0.1) is 13.8 Å². The lowest BCUT2D eigenvalue weighted by Crippen LogP contribution is -2.26. The Morgan fingerprint density at radius 3 is 2.74 bits per heavy atom. The maximum atomic E-state index is 11.5. The number of aryl methyl sites for hydroxylation is 2. The molecule has 7 nitrogen and oxygen atoms in total. The van der Waals surface area contributed by atoms with Crippen LogP contribution >= 0.6 is 11.3 Å². The summed E-state index contributed by atoms with van der Waals surface area (Å²) in [6.07, 6.45) is 2.48. The van der Waals surface area contributed by atoms with Gasteiger partial charge in [-0.05, 0) is 25.8 Å². The SMILES string of the molecule is Cc1sc2ncnc(NCCCC(=O)NCCC(=O)O)c2c1C. The van der Waals surface area contributed by atoms with Crippen LogP contribution in [0.4, 0.5) is 5.82 Å². The van der Waals surface area contributed by atoms with Gasteiger partial charge in [0.05, 0.1) is 11.8 Å². The third kappa shape index (κ3) is 4.62. The first-order valence-corrected chi connectivity index (χ1v) is 8.23. The van der Waals surface area contributed by atoms with Crippen molar-refractivity contribution >= 4 is 39.2 Å². The Morgan fingerprint density at radius 2 is 2.00 bits per heavy atom. The van der Waals surface area contributed by atoms with Gasteiger partial charge in [-0.15, -0.1) is 11.3 Å². The summed E-state index contributed by atoms with van der Waals surface area (Å²) in [4.78, 5) is 32.7. The standard InChI is InChI=1S/C15H20N4O3S/c1-9-10(2)23-15-13(9)14(18-8-19-15)17-6-3-4-11(20)16-7-5-12(21)22/h8H,3-7H2,1-2H3,(H,16,20)(H,21,22)(H,17,18,19). The summed E-state index contributed by atoms with van der Waals surface area (Å²) in [5, 5.41) is 15.4. The van der Waals surface area contributed by atoms with Crippen LogP contribution in [-0.4, -0.2) is 40.0 Å². The summed E-state index contributed by atoms with van der Waals surface area (Å²) in [7, 11) is 0. The van der Waals surface area contributed by atoms with Crippen molar-refractivity contribution in [3.05, 3.63) is 16.8 Å². The van der Waals surface area contributed by atoms with Crippen molar-refractivity contribution in [2.75, 3.05) is 18.4 Å². The zero-order chi connectivity index (χ0) is 16.8. The summed E-state index contributed by atoms with van der Waals surface area (Å²) >= 11 is 1.65. The van der Waals surface area contributed by atoms with Crippen LogP contribution < -0.4 is 10.6 Å². The molecular weight excluding hydrogens is 316 g/mol. The Labute approximate surface area is 138 Å². The van der Waals surface area contributed by atoms with Gasteiger partial charge in [-0.3, -0.25) is 9.59 Å². The summed E-state index contributed by atoms with van der Waals surface area (Å²) < 4.78 is 0. The van der Waals surface area contributed by atoms with Crippen LogP contribution in [0.5, 0.6) is 0 Å². The molecule has 1 amide bonds. The largest absolute Gasteiger partial charge is 0.481 e. The zero-order valence-electron chi connectivity index (χ0n) is 13.2. The molecule has 0 spiro atoms. The highest BCUT2D eigenvalue weighted by Gasteiger charge is 2.11. The number of nitrogens with one attached hydrogen (secondary N) is 2. The van der Waals surface area contributed by atoms with Gasteiger partial charge in [-0.2, -0.15) is 0 Å². The predicted octanol–water partition coefficient (Wildman–Crippen LogP) is 2.09. The van der Waals surface area contributed by atoms with Crippen LogP contribution in [-0.2, 0) is 9.59 Å². The lowest BCUT2D eigenvalue weighted by atomic mass is 10.2. The van der Waals surface area contributed by atoms with Gasteiger partial charge in [0.25, 0.3) is 0 Å². The van der Waals surface area contributed by atoms with E-state index in [9.17, 15) is 9.59 Å². The highest BCUT2D eigenvalue weighted by molar-refractivity contribution is 7.18. The van der Waals surface area contributed by atoms with Gasteiger partial charge in [0.15, 0.2) is 0 Å². The molecule has 3 N–H and O–H groups in total. The number of aromatic nitrogens is 2. The highest BCUT2D eigenvalue weighted by atomic mass is 32.1. The first-order valence-electron chi connectivity index (χ1n) is 7.42. The number of aliphatic carboxylic acids is 1. The molecule has 2 heterocycles. The maximum Gasteiger partial charge on any atom is 0.305 e. The Balaban J connectivity index is 1.81. The summed E-state index contributed by atoms with van der Waals surface area (Å²) in [5.41, 5.74) is 1.18. The van der Waals surface area contributed by atoms with Gasteiger partial charge in [-0.1, -0.05) is 0 Å². The Bertz CT molecular complexity index is 714. The Kier molecular flexibility index (Phi) is 5.86. The van der Waals surface area contributed by atoms with Gasteiger partial charge in [0.1, 0.15) is 17.0 Å². The fourth-order valence-corrected chi connectivity index (χ4v) is 3.17. The molecule has 0 unspecified atom stereocenters. The van der Waals surface area contributed by atoms with E-state index in [1.165, 1.54) is 10.4 Å². The number of carbonyl (C=O) groups is 2. The molecule has 0 fully saturated rings. The van der Waals surface area contributed by atoms with Crippen molar-refractivity contribution < 1.29 is 14.7 Å². The second-order valence-corrected chi connectivity index (χ2v) is 6.41. The van der Waals surface area contributed by atoms with Gasteiger partial charge >= 0.3 is 5.97 Å². The number of carboxylic acid groups (broad SMARTS) is 1. The van der Waals surface area contributed by atoms with Crippen molar-refractivity contribution in [3.8, 4) is 0 Å². The average Bonchev–Trinajstić information content (AvgIpc) is 2.79. The van der Waals surface area contributed by atoms with Crippen molar-refractivity contribution in [1.82, 2.24) is 15.3 Å². The molecule has 2 aromatic heterocycles. The fraction of sp³-hybridized carbons (Fsp3) is 0.467. The van der Waals surface area contributed by atoms with E-state index in [0.717, 1.165) is 16.0 Å². The number of anilines is 1. The molecule has 0 aliphatic carbocycles. The minimum atomic E-state index is -0.916. The molecule has 0 aliphatic rings. The van der Waals surface area contributed by atoms with E-state index < -0.39 is 5.97 Å². The van der Waals surface area contributed by atoms with Gasteiger partial charge in [-0.25, -0.2) is 9.97 Å².